The van der Waals surface area contributed by atoms with Gasteiger partial charge in [0.05, 0.1) is 11.4 Å². The van der Waals surface area contributed by atoms with Gasteiger partial charge in [-0.2, -0.15) is 4.31 Å². The van der Waals surface area contributed by atoms with Crippen LogP contribution in [0.1, 0.15) is 35.6 Å². The number of ether oxygens (including phenoxy) is 1. The minimum Gasteiger partial charge on any atom is -0.382 e. The van der Waals surface area contributed by atoms with E-state index in [-0.39, 0.29) is 23.9 Å². The summed E-state index contributed by atoms with van der Waals surface area (Å²) in [6.45, 7) is 8.79. The number of rotatable bonds is 11. The van der Waals surface area contributed by atoms with Gasteiger partial charge in [0, 0.05) is 31.3 Å². The first kappa shape index (κ1) is 25.3. The molecule has 2 aromatic rings. The Labute approximate surface area is 190 Å². The summed E-state index contributed by atoms with van der Waals surface area (Å²) in [5.74, 6) is -0.351. The van der Waals surface area contributed by atoms with Gasteiger partial charge >= 0.3 is 0 Å². The van der Waals surface area contributed by atoms with Gasteiger partial charge in [0.1, 0.15) is 0 Å². The molecular formula is C23H31ClN2O4S. The number of carbonyl (C=O) groups is 1. The molecule has 0 aromatic heterocycles. The van der Waals surface area contributed by atoms with Crippen molar-refractivity contribution < 1.29 is 17.9 Å². The van der Waals surface area contributed by atoms with Gasteiger partial charge < -0.3 is 10.1 Å². The lowest BCUT2D eigenvalue weighted by atomic mass is 10.1. The predicted octanol–water partition coefficient (Wildman–Crippen LogP) is 4.00. The fourth-order valence-electron chi connectivity index (χ4n) is 3.48. The van der Waals surface area contributed by atoms with Crippen LogP contribution in [0, 0.1) is 20.8 Å². The first-order valence-electron chi connectivity index (χ1n) is 10.3. The summed E-state index contributed by atoms with van der Waals surface area (Å²) in [5, 5.41) is 3.35. The molecule has 6 nitrogen and oxygen atoms in total. The third kappa shape index (κ3) is 7.31. The Kier molecular flexibility index (Phi) is 9.50. The topological polar surface area (TPSA) is 75.7 Å². The Morgan fingerprint density at radius 2 is 1.71 bits per heavy atom. The molecule has 8 heteroatoms. The molecule has 0 bridgehead atoms. The van der Waals surface area contributed by atoms with Crippen molar-refractivity contribution in [1.82, 2.24) is 9.62 Å². The van der Waals surface area contributed by atoms with E-state index in [1.807, 2.05) is 26.0 Å². The number of nitrogens with zero attached hydrogens (tertiary/aromatic N) is 1. The quantitative estimate of drug-likeness (QED) is 0.508. The van der Waals surface area contributed by atoms with Crippen LogP contribution in [0.3, 0.4) is 0 Å². The van der Waals surface area contributed by atoms with Crippen LogP contribution in [0.25, 0.3) is 0 Å². The third-order valence-corrected chi connectivity index (χ3v) is 7.14. The maximum atomic E-state index is 13.6. The summed E-state index contributed by atoms with van der Waals surface area (Å²) in [4.78, 5) is 12.8. The molecule has 0 heterocycles. The zero-order valence-electron chi connectivity index (χ0n) is 18.6. The molecule has 2 rings (SSSR count). The van der Waals surface area contributed by atoms with Crippen molar-refractivity contribution in [3.8, 4) is 0 Å². The van der Waals surface area contributed by atoms with Crippen molar-refractivity contribution in [2.75, 3.05) is 26.3 Å². The molecule has 0 aliphatic rings. The Morgan fingerprint density at radius 1 is 1.10 bits per heavy atom. The molecule has 0 aliphatic heterocycles. The fourth-order valence-corrected chi connectivity index (χ4v) is 5.41. The molecular weight excluding hydrogens is 436 g/mol. The monoisotopic (exact) mass is 466 g/mol. The second-order valence-electron chi connectivity index (χ2n) is 7.53. The molecule has 1 N–H and O–H groups in total. The highest BCUT2D eigenvalue weighted by Gasteiger charge is 2.29. The third-order valence-electron chi connectivity index (χ3n) is 4.79. The molecule has 0 spiro atoms. The minimum atomic E-state index is -3.91. The summed E-state index contributed by atoms with van der Waals surface area (Å²) in [5.41, 5.74) is 3.07. The van der Waals surface area contributed by atoms with Gasteiger partial charge in [-0.05, 0) is 62.9 Å². The number of aryl methyl sites for hydroxylation is 3. The van der Waals surface area contributed by atoms with Crippen LogP contribution in [-0.4, -0.2) is 44.9 Å². The zero-order chi connectivity index (χ0) is 23.0. The van der Waals surface area contributed by atoms with Gasteiger partial charge in [-0.15, -0.1) is 0 Å². The van der Waals surface area contributed by atoms with E-state index in [0.29, 0.717) is 42.3 Å². The number of hydrogen-bond acceptors (Lipinski definition) is 4. The average Bonchev–Trinajstić information content (AvgIpc) is 2.68. The maximum absolute atomic E-state index is 13.6. The van der Waals surface area contributed by atoms with E-state index in [4.69, 9.17) is 16.3 Å². The first-order chi connectivity index (χ1) is 14.6. The van der Waals surface area contributed by atoms with Crippen molar-refractivity contribution in [3.05, 3.63) is 63.7 Å². The van der Waals surface area contributed by atoms with E-state index >= 15 is 0 Å². The van der Waals surface area contributed by atoms with E-state index in [0.717, 1.165) is 11.1 Å². The van der Waals surface area contributed by atoms with Gasteiger partial charge in [0.2, 0.25) is 15.9 Å². The number of amides is 1. The van der Waals surface area contributed by atoms with Crippen molar-refractivity contribution in [2.45, 2.75) is 45.6 Å². The van der Waals surface area contributed by atoms with Crippen LogP contribution in [0.2, 0.25) is 5.02 Å². The number of carbonyl (C=O) groups excluding carboxylic acids is 1. The highest BCUT2D eigenvalue weighted by molar-refractivity contribution is 7.89. The molecule has 2 aromatic carbocycles. The Balaban J connectivity index is 2.28. The molecule has 0 saturated carbocycles. The minimum absolute atomic E-state index is 0.0681. The van der Waals surface area contributed by atoms with E-state index in [2.05, 4.69) is 5.32 Å². The number of benzene rings is 2. The lowest BCUT2D eigenvalue weighted by molar-refractivity contribution is -0.121. The Morgan fingerprint density at radius 3 is 2.29 bits per heavy atom. The predicted molar refractivity (Wildman–Crippen MR) is 124 cm³/mol. The molecule has 31 heavy (non-hydrogen) atoms. The van der Waals surface area contributed by atoms with Gasteiger partial charge in [-0.25, -0.2) is 8.42 Å². The van der Waals surface area contributed by atoms with Crippen LogP contribution >= 0.6 is 11.6 Å². The molecule has 0 radical (unpaired) electrons. The van der Waals surface area contributed by atoms with E-state index in [1.54, 1.807) is 38.1 Å². The Bertz CT molecular complexity index is 968. The normalized spacial score (nSPS) is 11.7. The van der Waals surface area contributed by atoms with Gasteiger partial charge in [0.15, 0.2) is 0 Å². The molecule has 170 valence electrons. The number of hydrogen-bond donors (Lipinski definition) is 1. The van der Waals surface area contributed by atoms with Crippen LogP contribution in [0.5, 0.6) is 0 Å². The van der Waals surface area contributed by atoms with E-state index in [9.17, 15) is 13.2 Å². The Hall–Kier alpha value is -1.93. The molecule has 0 unspecified atom stereocenters. The van der Waals surface area contributed by atoms with E-state index < -0.39 is 10.0 Å². The van der Waals surface area contributed by atoms with Gasteiger partial charge in [-0.3, -0.25) is 4.79 Å². The molecule has 0 fully saturated rings. The van der Waals surface area contributed by atoms with Crippen molar-refractivity contribution in [3.63, 3.8) is 0 Å². The van der Waals surface area contributed by atoms with Crippen molar-refractivity contribution in [2.24, 2.45) is 0 Å². The fraction of sp³-hybridized carbons (Fsp3) is 0.435. The summed E-state index contributed by atoms with van der Waals surface area (Å²) in [7, 11) is -3.91. The number of halogens is 1. The van der Waals surface area contributed by atoms with Crippen LogP contribution in [-0.2, 0) is 26.1 Å². The van der Waals surface area contributed by atoms with Gasteiger partial charge in [-0.1, -0.05) is 41.4 Å². The lowest BCUT2D eigenvalue weighted by Crippen LogP contribution is -2.41. The lowest BCUT2D eigenvalue weighted by Gasteiger charge is -2.24. The standard InChI is InChI=1S/C23H31ClN2O4S/c1-5-30-12-6-11-25-22(27)16-26(15-20-7-9-21(24)10-8-20)31(28,29)23-18(3)13-17(2)14-19(23)4/h7-10,13-14H,5-6,11-12,15-16H2,1-4H3,(H,25,27). The largest absolute Gasteiger partial charge is 0.382 e. The maximum Gasteiger partial charge on any atom is 0.244 e. The smallest absolute Gasteiger partial charge is 0.244 e. The van der Waals surface area contributed by atoms with E-state index in [1.165, 1.54) is 4.31 Å². The number of sulfonamides is 1. The van der Waals surface area contributed by atoms with Crippen molar-refractivity contribution in [1.29, 1.82) is 0 Å². The van der Waals surface area contributed by atoms with Crippen LogP contribution < -0.4 is 5.32 Å². The SMILES string of the molecule is CCOCCCNC(=O)CN(Cc1ccc(Cl)cc1)S(=O)(=O)c1c(C)cc(C)cc1C. The highest BCUT2D eigenvalue weighted by Crippen LogP contribution is 2.26. The molecule has 0 saturated heterocycles. The highest BCUT2D eigenvalue weighted by atomic mass is 35.5. The second kappa shape index (κ2) is 11.6. The van der Waals surface area contributed by atoms with Crippen LogP contribution in [0.4, 0.5) is 0 Å². The molecule has 1 amide bonds. The van der Waals surface area contributed by atoms with Gasteiger partial charge in [0.25, 0.3) is 0 Å². The summed E-state index contributed by atoms with van der Waals surface area (Å²) >= 11 is 5.96. The second-order valence-corrected chi connectivity index (χ2v) is 9.84. The van der Waals surface area contributed by atoms with Crippen LogP contribution in [0.15, 0.2) is 41.3 Å². The summed E-state index contributed by atoms with van der Waals surface area (Å²) in [6, 6.07) is 10.6. The average molecular weight is 467 g/mol. The molecule has 0 aliphatic carbocycles. The molecule has 0 atom stereocenters. The zero-order valence-corrected chi connectivity index (χ0v) is 20.1. The summed E-state index contributed by atoms with van der Waals surface area (Å²) < 4.78 is 33.7. The first-order valence-corrected chi connectivity index (χ1v) is 12.1. The van der Waals surface area contributed by atoms with Crippen molar-refractivity contribution >= 4 is 27.5 Å². The summed E-state index contributed by atoms with van der Waals surface area (Å²) in [6.07, 6.45) is 0.666. The number of nitrogens with one attached hydrogen (secondary N) is 1.